The van der Waals surface area contributed by atoms with Gasteiger partial charge in [-0.25, -0.2) is 0 Å². The molecule has 8 nitrogen and oxygen atoms in total. The highest BCUT2D eigenvalue weighted by Crippen LogP contribution is 2.28. The number of nitrogens with one attached hydrogen (secondary N) is 2. The number of methoxy groups -OCH3 is 2. The van der Waals surface area contributed by atoms with Crippen molar-refractivity contribution in [2.45, 2.75) is 0 Å². The number of aromatic hydroxyl groups is 2. The van der Waals surface area contributed by atoms with Crippen LogP contribution in [-0.4, -0.2) is 42.0 Å². The lowest BCUT2D eigenvalue weighted by Crippen LogP contribution is -2.28. The van der Waals surface area contributed by atoms with Crippen LogP contribution in [0.15, 0.2) is 46.6 Å². The highest BCUT2D eigenvalue weighted by Gasteiger charge is 2.05. The largest absolute Gasteiger partial charge is 0.504 e. The van der Waals surface area contributed by atoms with Crippen molar-refractivity contribution in [3.8, 4) is 23.0 Å². The molecular formula is C17H18N4O4S. The first kappa shape index (κ1) is 19.0. The quantitative estimate of drug-likeness (QED) is 0.348. The molecule has 0 spiro atoms. The Labute approximate surface area is 155 Å². The van der Waals surface area contributed by atoms with E-state index in [-0.39, 0.29) is 16.6 Å². The standard InChI is InChI=1S/C17H18N4O4S/c1-24-13-7-3-5-11(15(13)22)9-18-20-17(26)21-19-10-12-6-4-8-14(25-2)16(12)23/h3-10,22-23H,1-2H3,(H2,20,21,26). The van der Waals surface area contributed by atoms with Gasteiger partial charge < -0.3 is 19.7 Å². The molecule has 0 atom stereocenters. The van der Waals surface area contributed by atoms with Crippen LogP contribution in [0.5, 0.6) is 23.0 Å². The molecule has 0 saturated carbocycles. The summed E-state index contributed by atoms with van der Waals surface area (Å²) in [5, 5.41) is 27.8. The zero-order valence-electron chi connectivity index (χ0n) is 14.1. The van der Waals surface area contributed by atoms with Gasteiger partial charge in [-0.05, 0) is 36.5 Å². The molecule has 2 rings (SSSR count). The summed E-state index contributed by atoms with van der Waals surface area (Å²) in [4.78, 5) is 0. The summed E-state index contributed by atoms with van der Waals surface area (Å²) in [6, 6.07) is 10.1. The Morgan fingerprint density at radius 3 is 1.69 bits per heavy atom. The number of thiocarbonyl (C=S) groups is 1. The molecule has 0 fully saturated rings. The Hall–Kier alpha value is -3.33. The second-order valence-corrected chi connectivity index (χ2v) is 5.27. The van der Waals surface area contributed by atoms with Crippen molar-refractivity contribution >= 4 is 29.8 Å². The molecule has 0 radical (unpaired) electrons. The summed E-state index contributed by atoms with van der Waals surface area (Å²) in [5.41, 5.74) is 6.04. The van der Waals surface area contributed by atoms with Crippen molar-refractivity contribution in [2.24, 2.45) is 10.2 Å². The third-order valence-corrected chi connectivity index (χ3v) is 3.42. The minimum atomic E-state index is -0.0223. The van der Waals surface area contributed by atoms with Crippen LogP contribution in [-0.2, 0) is 0 Å². The van der Waals surface area contributed by atoms with Crippen LogP contribution in [0, 0.1) is 0 Å². The van der Waals surface area contributed by atoms with Crippen molar-refractivity contribution in [1.82, 2.24) is 10.9 Å². The molecule has 0 bridgehead atoms. The number of nitrogens with zero attached hydrogens (tertiary/aromatic N) is 2. The van der Waals surface area contributed by atoms with E-state index in [0.29, 0.717) is 22.6 Å². The van der Waals surface area contributed by atoms with Gasteiger partial charge in [0, 0.05) is 11.1 Å². The van der Waals surface area contributed by atoms with E-state index < -0.39 is 0 Å². The third-order valence-electron chi connectivity index (χ3n) is 3.24. The zero-order chi connectivity index (χ0) is 18.9. The smallest absolute Gasteiger partial charge is 0.207 e. The van der Waals surface area contributed by atoms with Gasteiger partial charge in [0.1, 0.15) is 0 Å². The summed E-state index contributed by atoms with van der Waals surface area (Å²) in [5.74, 6) is 0.645. The second-order valence-electron chi connectivity index (χ2n) is 4.87. The van der Waals surface area contributed by atoms with Crippen molar-refractivity contribution in [2.75, 3.05) is 14.2 Å². The normalized spacial score (nSPS) is 10.8. The SMILES string of the molecule is COc1cccc(C=NNC(=S)NN=Cc2cccc(OC)c2O)c1O. The fourth-order valence-electron chi connectivity index (χ4n) is 1.96. The molecule has 0 aromatic heterocycles. The third kappa shape index (κ3) is 4.84. The molecule has 2 aromatic rings. The van der Waals surface area contributed by atoms with Crippen LogP contribution in [0.2, 0.25) is 0 Å². The van der Waals surface area contributed by atoms with Crippen molar-refractivity contribution < 1.29 is 19.7 Å². The van der Waals surface area contributed by atoms with E-state index >= 15 is 0 Å². The first-order chi connectivity index (χ1) is 12.6. The molecule has 0 heterocycles. The molecule has 26 heavy (non-hydrogen) atoms. The van der Waals surface area contributed by atoms with Crippen molar-refractivity contribution in [1.29, 1.82) is 0 Å². The molecular weight excluding hydrogens is 356 g/mol. The van der Waals surface area contributed by atoms with Crippen molar-refractivity contribution in [3.05, 3.63) is 47.5 Å². The van der Waals surface area contributed by atoms with E-state index in [2.05, 4.69) is 21.1 Å². The lowest BCUT2D eigenvalue weighted by Gasteiger charge is -2.06. The maximum atomic E-state index is 9.94. The first-order valence-corrected chi connectivity index (χ1v) is 7.81. The maximum absolute atomic E-state index is 9.94. The Morgan fingerprint density at radius 1 is 0.885 bits per heavy atom. The molecule has 0 aliphatic heterocycles. The van der Waals surface area contributed by atoms with E-state index in [4.69, 9.17) is 21.7 Å². The molecule has 0 saturated heterocycles. The molecule has 136 valence electrons. The van der Waals surface area contributed by atoms with E-state index in [9.17, 15) is 10.2 Å². The summed E-state index contributed by atoms with van der Waals surface area (Å²) in [6.07, 6.45) is 2.78. The van der Waals surface area contributed by atoms with Crippen molar-refractivity contribution in [3.63, 3.8) is 0 Å². The maximum Gasteiger partial charge on any atom is 0.207 e. The number of phenolic OH excluding ortho intramolecular Hbond substituents is 2. The van der Waals surface area contributed by atoms with Gasteiger partial charge in [-0.3, -0.25) is 10.9 Å². The van der Waals surface area contributed by atoms with Crippen LogP contribution in [0.1, 0.15) is 11.1 Å². The molecule has 2 aromatic carbocycles. The minimum absolute atomic E-state index is 0.0223. The first-order valence-electron chi connectivity index (χ1n) is 7.41. The fourth-order valence-corrected chi connectivity index (χ4v) is 2.07. The van der Waals surface area contributed by atoms with Crippen LogP contribution in [0.25, 0.3) is 0 Å². The van der Waals surface area contributed by atoms with Crippen LogP contribution in [0.4, 0.5) is 0 Å². The summed E-state index contributed by atoms with van der Waals surface area (Å²) in [7, 11) is 2.93. The van der Waals surface area contributed by atoms with E-state index in [1.54, 1.807) is 36.4 Å². The molecule has 0 amide bonds. The molecule has 0 aliphatic rings. The number of phenols is 2. The van der Waals surface area contributed by atoms with Crippen LogP contribution < -0.4 is 20.3 Å². The number of benzene rings is 2. The average molecular weight is 374 g/mol. The molecule has 4 N–H and O–H groups in total. The topological polar surface area (TPSA) is 108 Å². The van der Waals surface area contributed by atoms with Gasteiger partial charge in [-0.2, -0.15) is 10.2 Å². The zero-order valence-corrected chi connectivity index (χ0v) is 14.9. The Bertz CT molecular complexity index is 772. The summed E-state index contributed by atoms with van der Waals surface area (Å²) in [6.45, 7) is 0. The Kier molecular flexibility index (Phi) is 6.75. The fraction of sp³-hybridized carbons (Fsp3) is 0.118. The van der Waals surface area contributed by atoms with Gasteiger partial charge in [-0.15, -0.1) is 0 Å². The Balaban J connectivity index is 1.92. The predicted octanol–water partition coefficient (Wildman–Crippen LogP) is 1.95. The summed E-state index contributed by atoms with van der Waals surface area (Å²) < 4.78 is 10.0. The predicted molar refractivity (Wildman–Crippen MR) is 103 cm³/mol. The van der Waals surface area contributed by atoms with Gasteiger partial charge in [0.2, 0.25) is 5.11 Å². The number of hydrogen-bond donors (Lipinski definition) is 4. The van der Waals surface area contributed by atoms with E-state index in [1.807, 2.05) is 0 Å². The van der Waals surface area contributed by atoms with Gasteiger partial charge >= 0.3 is 0 Å². The number of hydrazone groups is 2. The van der Waals surface area contributed by atoms with Gasteiger partial charge in [0.25, 0.3) is 0 Å². The van der Waals surface area contributed by atoms with Gasteiger partial charge in [-0.1, -0.05) is 12.1 Å². The second kappa shape index (κ2) is 9.23. The minimum Gasteiger partial charge on any atom is -0.504 e. The van der Waals surface area contributed by atoms with Gasteiger partial charge in [0.15, 0.2) is 23.0 Å². The van der Waals surface area contributed by atoms with Gasteiger partial charge in [0.05, 0.1) is 26.6 Å². The number of rotatable bonds is 6. The lowest BCUT2D eigenvalue weighted by atomic mass is 10.2. The highest BCUT2D eigenvalue weighted by molar-refractivity contribution is 7.80. The van der Waals surface area contributed by atoms with Crippen LogP contribution >= 0.6 is 12.2 Å². The number of ether oxygens (including phenoxy) is 2. The van der Waals surface area contributed by atoms with E-state index in [0.717, 1.165) is 0 Å². The molecule has 0 unspecified atom stereocenters. The molecule has 9 heteroatoms. The lowest BCUT2D eigenvalue weighted by molar-refractivity contribution is 0.373. The number of para-hydroxylation sites is 2. The highest BCUT2D eigenvalue weighted by atomic mass is 32.1. The summed E-state index contributed by atoms with van der Waals surface area (Å²) >= 11 is 5.02. The molecule has 0 aliphatic carbocycles. The number of hydrogen-bond acceptors (Lipinski definition) is 7. The monoisotopic (exact) mass is 374 g/mol. The average Bonchev–Trinajstić information content (AvgIpc) is 2.64. The van der Waals surface area contributed by atoms with E-state index in [1.165, 1.54) is 26.6 Å². The van der Waals surface area contributed by atoms with Crippen LogP contribution in [0.3, 0.4) is 0 Å². The Morgan fingerprint density at radius 2 is 1.31 bits per heavy atom.